The molecule has 25 heavy (non-hydrogen) atoms. The van der Waals surface area contributed by atoms with Crippen LogP contribution in [0, 0.1) is 6.92 Å². The van der Waals surface area contributed by atoms with Gasteiger partial charge in [0.25, 0.3) is 5.91 Å². The summed E-state index contributed by atoms with van der Waals surface area (Å²) in [4.78, 5) is 21.0. The number of hydrogen-bond acceptors (Lipinski definition) is 5. The van der Waals surface area contributed by atoms with E-state index in [9.17, 15) is 4.79 Å². The van der Waals surface area contributed by atoms with E-state index in [1.165, 1.54) is 11.8 Å². The van der Waals surface area contributed by atoms with Gasteiger partial charge in [0.2, 0.25) is 0 Å². The molecule has 1 aliphatic carbocycles. The molecule has 1 fully saturated rings. The first-order valence-electron chi connectivity index (χ1n) is 8.55. The molecule has 0 aliphatic heterocycles. The highest BCUT2D eigenvalue weighted by Crippen LogP contribution is 2.25. The van der Waals surface area contributed by atoms with Crippen LogP contribution in [0.25, 0.3) is 0 Å². The summed E-state index contributed by atoms with van der Waals surface area (Å²) >= 11 is 1.49. The molecule has 132 valence electrons. The fourth-order valence-corrected chi connectivity index (χ4v) is 3.63. The van der Waals surface area contributed by atoms with Gasteiger partial charge in [-0.05, 0) is 63.1 Å². The normalized spacial score (nSPS) is 20.1. The number of carbonyl (C=O) groups is 1. The minimum absolute atomic E-state index is 0.0371. The van der Waals surface area contributed by atoms with Crippen molar-refractivity contribution >= 4 is 17.7 Å². The van der Waals surface area contributed by atoms with Crippen molar-refractivity contribution in [3.63, 3.8) is 0 Å². The van der Waals surface area contributed by atoms with Crippen molar-refractivity contribution < 1.29 is 9.53 Å². The third-order valence-electron chi connectivity index (χ3n) is 4.47. The fraction of sp³-hybridized carbons (Fsp3) is 0.421. The van der Waals surface area contributed by atoms with Crippen LogP contribution in [0.2, 0.25) is 0 Å². The van der Waals surface area contributed by atoms with Crippen LogP contribution in [0.3, 0.4) is 0 Å². The van der Waals surface area contributed by atoms with E-state index in [1.54, 1.807) is 18.5 Å². The summed E-state index contributed by atoms with van der Waals surface area (Å²) in [6, 6.07) is 7.68. The van der Waals surface area contributed by atoms with Crippen LogP contribution in [0.5, 0.6) is 5.75 Å². The number of thioether (sulfide) groups is 1. The molecule has 1 aliphatic rings. The monoisotopic (exact) mass is 357 g/mol. The molecule has 1 amide bonds. The number of aryl methyl sites for hydroxylation is 1. The Morgan fingerprint density at radius 2 is 1.88 bits per heavy atom. The molecule has 0 spiro atoms. The molecule has 6 heteroatoms. The molecule has 1 N–H and O–H groups in total. The van der Waals surface area contributed by atoms with Gasteiger partial charge in [-0.15, -0.1) is 11.8 Å². The van der Waals surface area contributed by atoms with Crippen molar-refractivity contribution in [1.29, 1.82) is 0 Å². The predicted molar refractivity (Wildman–Crippen MR) is 99.1 cm³/mol. The molecule has 1 saturated carbocycles. The topological polar surface area (TPSA) is 64.1 Å². The summed E-state index contributed by atoms with van der Waals surface area (Å²) < 4.78 is 6.07. The Bertz CT molecular complexity index is 730. The van der Waals surface area contributed by atoms with E-state index in [4.69, 9.17) is 4.74 Å². The van der Waals surface area contributed by atoms with Gasteiger partial charge in [0.05, 0.1) is 17.4 Å². The van der Waals surface area contributed by atoms with E-state index in [0.717, 1.165) is 42.2 Å². The highest BCUT2D eigenvalue weighted by atomic mass is 32.2. The van der Waals surface area contributed by atoms with Crippen LogP contribution in [-0.4, -0.2) is 34.3 Å². The van der Waals surface area contributed by atoms with E-state index in [-0.39, 0.29) is 18.1 Å². The van der Waals surface area contributed by atoms with Crippen molar-refractivity contribution in [2.45, 2.75) is 49.8 Å². The lowest BCUT2D eigenvalue weighted by molar-refractivity contribution is 0.0889. The second-order valence-corrected chi connectivity index (χ2v) is 7.01. The average Bonchev–Trinajstić information content (AvgIpc) is 2.65. The quantitative estimate of drug-likeness (QED) is 0.828. The highest BCUT2D eigenvalue weighted by molar-refractivity contribution is 7.98. The molecule has 0 unspecified atom stereocenters. The standard InChI is InChI=1S/C19H23N3O2S/c1-13-17(6-4-11-20-13)24-15-9-7-14(8-10-15)22-18(23)16-5-3-12-21-19(16)25-2/h3-6,11-12,14-15H,7-10H2,1-2H3,(H,22,23). The smallest absolute Gasteiger partial charge is 0.254 e. The van der Waals surface area contributed by atoms with E-state index >= 15 is 0 Å². The van der Waals surface area contributed by atoms with Crippen LogP contribution in [-0.2, 0) is 0 Å². The number of ether oxygens (including phenoxy) is 1. The zero-order valence-corrected chi connectivity index (χ0v) is 15.4. The number of carbonyl (C=O) groups excluding carboxylic acids is 1. The van der Waals surface area contributed by atoms with Crippen LogP contribution in [0.15, 0.2) is 41.7 Å². The molecule has 2 aromatic heterocycles. The Morgan fingerprint density at radius 3 is 2.60 bits per heavy atom. The van der Waals surface area contributed by atoms with Gasteiger partial charge >= 0.3 is 0 Å². The summed E-state index contributed by atoms with van der Waals surface area (Å²) in [7, 11) is 0. The summed E-state index contributed by atoms with van der Waals surface area (Å²) in [6.07, 6.45) is 9.32. The summed E-state index contributed by atoms with van der Waals surface area (Å²) in [5.74, 6) is 0.819. The fourth-order valence-electron chi connectivity index (χ4n) is 3.09. The van der Waals surface area contributed by atoms with E-state index in [2.05, 4.69) is 15.3 Å². The van der Waals surface area contributed by atoms with Crippen molar-refractivity contribution in [3.8, 4) is 5.75 Å². The molecule has 5 nitrogen and oxygen atoms in total. The lowest BCUT2D eigenvalue weighted by Crippen LogP contribution is -2.40. The Kier molecular flexibility index (Phi) is 5.91. The van der Waals surface area contributed by atoms with Gasteiger partial charge < -0.3 is 10.1 Å². The third kappa shape index (κ3) is 4.51. The number of amides is 1. The molecule has 2 aromatic rings. The maximum Gasteiger partial charge on any atom is 0.254 e. The summed E-state index contributed by atoms with van der Waals surface area (Å²) in [6.45, 7) is 1.96. The van der Waals surface area contributed by atoms with Crippen molar-refractivity contribution in [2.24, 2.45) is 0 Å². The van der Waals surface area contributed by atoms with Crippen molar-refractivity contribution in [1.82, 2.24) is 15.3 Å². The van der Waals surface area contributed by atoms with E-state index in [1.807, 2.05) is 31.4 Å². The zero-order chi connectivity index (χ0) is 17.6. The molecular weight excluding hydrogens is 334 g/mol. The Labute approximate surface area is 152 Å². The van der Waals surface area contributed by atoms with E-state index in [0.29, 0.717) is 5.56 Å². The van der Waals surface area contributed by atoms with Gasteiger partial charge in [-0.1, -0.05) is 0 Å². The number of nitrogens with zero attached hydrogens (tertiary/aromatic N) is 2. The van der Waals surface area contributed by atoms with E-state index < -0.39 is 0 Å². The second-order valence-electron chi connectivity index (χ2n) is 6.21. The van der Waals surface area contributed by atoms with Gasteiger partial charge in [-0.3, -0.25) is 9.78 Å². The zero-order valence-electron chi connectivity index (χ0n) is 14.6. The van der Waals surface area contributed by atoms with Gasteiger partial charge in [-0.2, -0.15) is 0 Å². The largest absolute Gasteiger partial charge is 0.489 e. The van der Waals surface area contributed by atoms with Crippen LogP contribution in [0.4, 0.5) is 0 Å². The third-order valence-corrected chi connectivity index (χ3v) is 5.18. The summed E-state index contributed by atoms with van der Waals surface area (Å²) in [5.41, 5.74) is 1.57. The molecule has 0 saturated heterocycles. The lowest BCUT2D eigenvalue weighted by atomic mass is 9.92. The number of hydrogen-bond donors (Lipinski definition) is 1. The predicted octanol–water partition coefficient (Wildman–Crippen LogP) is 3.63. The highest BCUT2D eigenvalue weighted by Gasteiger charge is 2.25. The molecular formula is C19H23N3O2S. The Morgan fingerprint density at radius 1 is 1.16 bits per heavy atom. The number of nitrogens with one attached hydrogen (secondary N) is 1. The van der Waals surface area contributed by atoms with Gasteiger partial charge in [0, 0.05) is 18.4 Å². The number of pyridine rings is 2. The number of rotatable bonds is 5. The first-order chi connectivity index (χ1) is 12.2. The van der Waals surface area contributed by atoms with Crippen molar-refractivity contribution in [2.75, 3.05) is 6.26 Å². The van der Waals surface area contributed by atoms with Crippen LogP contribution >= 0.6 is 11.8 Å². The second kappa shape index (κ2) is 8.34. The minimum atomic E-state index is -0.0371. The average molecular weight is 357 g/mol. The SMILES string of the molecule is CSc1ncccc1C(=O)NC1CCC(Oc2cccnc2C)CC1. The maximum atomic E-state index is 12.5. The minimum Gasteiger partial charge on any atom is -0.489 e. The van der Waals surface area contributed by atoms with Gasteiger partial charge in [0.15, 0.2) is 0 Å². The summed E-state index contributed by atoms with van der Waals surface area (Å²) in [5, 5.41) is 3.91. The van der Waals surface area contributed by atoms with Crippen LogP contribution in [0.1, 0.15) is 41.7 Å². The lowest BCUT2D eigenvalue weighted by Gasteiger charge is -2.29. The van der Waals surface area contributed by atoms with Gasteiger partial charge in [-0.25, -0.2) is 4.98 Å². The van der Waals surface area contributed by atoms with Crippen molar-refractivity contribution in [3.05, 3.63) is 47.9 Å². The molecule has 0 bridgehead atoms. The Balaban J connectivity index is 1.52. The molecule has 3 rings (SSSR count). The number of aromatic nitrogens is 2. The molecule has 0 radical (unpaired) electrons. The van der Waals surface area contributed by atoms with Gasteiger partial charge in [0.1, 0.15) is 10.8 Å². The molecule has 2 heterocycles. The maximum absolute atomic E-state index is 12.5. The molecule has 0 atom stereocenters. The molecule has 0 aromatic carbocycles. The first kappa shape index (κ1) is 17.7. The Hall–Kier alpha value is -2.08. The first-order valence-corrected chi connectivity index (χ1v) is 9.78. The van der Waals surface area contributed by atoms with Crippen LogP contribution < -0.4 is 10.1 Å².